The number of nitrogens with two attached hydrogens (primary N) is 1. The van der Waals surface area contributed by atoms with Crippen LogP contribution in [0.4, 0.5) is 15.9 Å². The Labute approximate surface area is 115 Å². The Morgan fingerprint density at radius 1 is 1.42 bits per heavy atom. The third-order valence-corrected chi connectivity index (χ3v) is 3.05. The average molecular weight is 279 g/mol. The van der Waals surface area contributed by atoms with E-state index in [1.165, 1.54) is 18.3 Å². The molecule has 98 valence electrons. The first kappa shape index (κ1) is 13.3. The highest BCUT2D eigenvalue weighted by molar-refractivity contribution is 6.36. The number of rotatable bonds is 3. The van der Waals surface area contributed by atoms with E-state index in [-0.39, 0.29) is 16.7 Å². The molecule has 0 fully saturated rings. The highest BCUT2D eigenvalue weighted by atomic mass is 35.5. The molecule has 6 heteroatoms. The summed E-state index contributed by atoms with van der Waals surface area (Å²) < 4.78 is 13.2. The lowest BCUT2D eigenvalue weighted by molar-refractivity contribution is 0.628. The summed E-state index contributed by atoms with van der Waals surface area (Å²) in [5.74, 6) is -0.0653. The first-order valence-corrected chi connectivity index (χ1v) is 5.86. The Balaban J connectivity index is 2.47. The molecule has 1 aromatic heterocycles. The number of hydrogen-bond acceptors (Lipinski definition) is 3. The summed E-state index contributed by atoms with van der Waals surface area (Å²) in [4.78, 5) is 5.78. The lowest BCUT2D eigenvalue weighted by atomic mass is 10.2. The van der Waals surface area contributed by atoms with E-state index in [0.29, 0.717) is 17.1 Å². The number of nitrogens with zero attached hydrogens (tertiary/aromatic N) is 2. The fourth-order valence-electron chi connectivity index (χ4n) is 1.68. The highest BCUT2D eigenvalue weighted by Gasteiger charge is 2.14. The number of pyridine rings is 1. The highest BCUT2D eigenvalue weighted by Crippen LogP contribution is 2.30. The quantitative estimate of drug-likeness (QED) is 0.670. The standard InChI is InChI=1S/C13H12ClFN4/c1-19(9-4-2-3-8(15)7-9)13-11(14)10(12(16)17)5-6-18-13/h2-7H,1H3,(H3,16,17). The molecule has 0 radical (unpaired) electrons. The molecule has 0 aliphatic carbocycles. The molecule has 0 bridgehead atoms. The summed E-state index contributed by atoms with van der Waals surface area (Å²) >= 11 is 6.17. The van der Waals surface area contributed by atoms with Gasteiger partial charge in [0.2, 0.25) is 0 Å². The Kier molecular flexibility index (Phi) is 3.66. The summed E-state index contributed by atoms with van der Waals surface area (Å²) in [7, 11) is 1.72. The molecule has 1 aromatic carbocycles. The van der Waals surface area contributed by atoms with Gasteiger partial charge in [-0.05, 0) is 24.3 Å². The van der Waals surface area contributed by atoms with Gasteiger partial charge in [0.25, 0.3) is 0 Å². The van der Waals surface area contributed by atoms with Crippen LogP contribution in [-0.2, 0) is 0 Å². The van der Waals surface area contributed by atoms with Gasteiger partial charge in [0, 0.05) is 24.5 Å². The zero-order valence-electron chi connectivity index (χ0n) is 10.2. The topological polar surface area (TPSA) is 66.0 Å². The Morgan fingerprint density at radius 2 is 2.16 bits per heavy atom. The summed E-state index contributed by atoms with van der Waals surface area (Å²) in [5.41, 5.74) is 6.44. The monoisotopic (exact) mass is 278 g/mol. The third-order valence-electron chi connectivity index (χ3n) is 2.67. The number of hydrogen-bond donors (Lipinski definition) is 2. The van der Waals surface area contributed by atoms with E-state index in [1.807, 2.05) is 0 Å². The van der Waals surface area contributed by atoms with Crippen molar-refractivity contribution in [3.05, 3.63) is 52.9 Å². The molecule has 4 nitrogen and oxygen atoms in total. The van der Waals surface area contributed by atoms with Crippen molar-refractivity contribution < 1.29 is 4.39 Å². The fraction of sp³-hybridized carbons (Fsp3) is 0.0769. The molecule has 0 atom stereocenters. The number of nitrogen functional groups attached to an aromatic ring is 1. The fourth-order valence-corrected chi connectivity index (χ4v) is 2.02. The molecule has 2 rings (SSSR count). The van der Waals surface area contributed by atoms with Gasteiger partial charge in [-0.25, -0.2) is 9.37 Å². The van der Waals surface area contributed by atoms with Crippen LogP contribution >= 0.6 is 11.6 Å². The molecule has 0 spiro atoms. The number of halogens is 2. The predicted octanol–water partition coefficient (Wildman–Crippen LogP) is 2.93. The summed E-state index contributed by atoms with van der Waals surface area (Å²) in [5, 5.41) is 7.71. The van der Waals surface area contributed by atoms with E-state index in [1.54, 1.807) is 30.1 Å². The first-order chi connectivity index (χ1) is 9.00. The van der Waals surface area contributed by atoms with Gasteiger partial charge in [-0.1, -0.05) is 17.7 Å². The maximum absolute atomic E-state index is 13.2. The summed E-state index contributed by atoms with van der Waals surface area (Å²) in [6.45, 7) is 0. The number of amidine groups is 1. The normalized spacial score (nSPS) is 10.3. The van der Waals surface area contributed by atoms with Crippen LogP contribution in [0.2, 0.25) is 5.02 Å². The SMILES string of the molecule is CN(c1cccc(F)c1)c1nccc(C(=N)N)c1Cl. The minimum Gasteiger partial charge on any atom is -0.384 e. The molecule has 0 unspecified atom stereocenters. The molecule has 0 aliphatic rings. The number of aromatic nitrogens is 1. The van der Waals surface area contributed by atoms with Gasteiger partial charge in [0.15, 0.2) is 5.82 Å². The van der Waals surface area contributed by atoms with E-state index in [9.17, 15) is 4.39 Å². The van der Waals surface area contributed by atoms with Gasteiger partial charge < -0.3 is 10.6 Å². The van der Waals surface area contributed by atoms with E-state index >= 15 is 0 Å². The van der Waals surface area contributed by atoms with Gasteiger partial charge in [-0.2, -0.15) is 0 Å². The van der Waals surface area contributed by atoms with Crippen molar-refractivity contribution in [2.45, 2.75) is 0 Å². The van der Waals surface area contributed by atoms with Crippen LogP contribution in [0.1, 0.15) is 5.56 Å². The van der Waals surface area contributed by atoms with Crippen LogP contribution in [0.15, 0.2) is 36.5 Å². The van der Waals surface area contributed by atoms with Crippen LogP contribution < -0.4 is 10.6 Å². The second kappa shape index (κ2) is 5.24. The van der Waals surface area contributed by atoms with Crippen molar-refractivity contribution in [1.82, 2.24) is 4.98 Å². The van der Waals surface area contributed by atoms with Crippen LogP contribution in [0.3, 0.4) is 0 Å². The van der Waals surface area contributed by atoms with Crippen LogP contribution in [0.5, 0.6) is 0 Å². The second-order valence-electron chi connectivity index (χ2n) is 3.95. The largest absolute Gasteiger partial charge is 0.384 e. The van der Waals surface area contributed by atoms with Crippen LogP contribution in [0, 0.1) is 11.2 Å². The molecule has 0 saturated heterocycles. The Bertz CT molecular complexity index is 630. The molecule has 0 amide bonds. The lowest BCUT2D eigenvalue weighted by Crippen LogP contribution is -2.16. The zero-order valence-corrected chi connectivity index (χ0v) is 10.9. The van der Waals surface area contributed by atoms with E-state index < -0.39 is 0 Å². The molecular formula is C13H12ClFN4. The maximum Gasteiger partial charge on any atom is 0.152 e. The van der Waals surface area contributed by atoms with Gasteiger partial charge in [0.1, 0.15) is 11.7 Å². The van der Waals surface area contributed by atoms with Gasteiger partial charge >= 0.3 is 0 Å². The summed E-state index contributed by atoms with van der Waals surface area (Å²) in [6, 6.07) is 7.63. The molecule has 3 N–H and O–H groups in total. The summed E-state index contributed by atoms with van der Waals surface area (Å²) in [6.07, 6.45) is 1.51. The lowest BCUT2D eigenvalue weighted by Gasteiger charge is -2.20. The van der Waals surface area contributed by atoms with E-state index in [4.69, 9.17) is 22.7 Å². The van der Waals surface area contributed by atoms with Crippen molar-refractivity contribution in [3.63, 3.8) is 0 Å². The molecule has 0 aliphatic heterocycles. The second-order valence-corrected chi connectivity index (χ2v) is 4.33. The maximum atomic E-state index is 13.2. The van der Waals surface area contributed by atoms with Crippen molar-refractivity contribution in [3.8, 4) is 0 Å². The van der Waals surface area contributed by atoms with E-state index in [0.717, 1.165) is 0 Å². The number of anilines is 2. The van der Waals surface area contributed by atoms with Gasteiger partial charge in [-0.3, -0.25) is 5.41 Å². The number of nitrogens with one attached hydrogen (secondary N) is 1. The molecule has 1 heterocycles. The minimum atomic E-state index is -0.344. The predicted molar refractivity (Wildman–Crippen MR) is 74.7 cm³/mol. The van der Waals surface area contributed by atoms with Crippen LogP contribution in [0.25, 0.3) is 0 Å². The zero-order chi connectivity index (χ0) is 14.0. The van der Waals surface area contributed by atoms with Crippen molar-refractivity contribution in [2.75, 3.05) is 11.9 Å². The van der Waals surface area contributed by atoms with Gasteiger partial charge in [0.05, 0.1) is 5.02 Å². The average Bonchev–Trinajstić information content (AvgIpc) is 2.38. The van der Waals surface area contributed by atoms with Crippen molar-refractivity contribution in [1.29, 1.82) is 5.41 Å². The van der Waals surface area contributed by atoms with Crippen molar-refractivity contribution >= 4 is 28.9 Å². The minimum absolute atomic E-state index is 0.138. The molecule has 2 aromatic rings. The smallest absolute Gasteiger partial charge is 0.152 e. The molecule has 19 heavy (non-hydrogen) atoms. The molecule has 0 saturated carbocycles. The third kappa shape index (κ3) is 2.66. The Morgan fingerprint density at radius 3 is 2.79 bits per heavy atom. The number of benzene rings is 1. The Hall–Kier alpha value is -2.14. The van der Waals surface area contributed by atoms with Gasteiger partial charge in [-0.15, -0.1) is 0 Å². The first-order valence-electron chi connectivity index (χ1n) is 5.49. The molecular weight excluding hydrogens is 267 g/mol. The van der Waals surface area contributed by atoms with E-state index in [2.05, 4.69) is 4.98 Å². The van der Waals surface area contributed by atoms with Crippen LogP contribution in [-0.4, -0.2) is 17.9 Å². The van der Waals surface area contributed by atoms with Crippen molar-refractivity contribution in [2.24, 2.45) is 5.73 Å².